The third-order valence-corrected chi connectivity index (χ3v) is 2.84. The fourth-order valence-electron chi connectivity index (χ4n) is 1.84. The van der Waals surface area contributed by atoms with Gasteiger partial charge in [-0.15, -0.1) is 0 Å². The van der Waals surface area contributed by atoms with Gasteiger partial charge in [0.2, 0.25) is 0 Å². The molecule has 0 fully saturated rings. The van der Waals surface area contributed by atoms with E-state index in [1.807, 2.05) is 10.9 Å². The number of halogens is 1. The summed E-state index contributed by atoms with van der Waals surface area (Å²) in [5, 5.41) is 15.9. The highest BCUT2D eigenvalue weighted by Crippen LogP contribution is 2.17. The fraction of sp³-hybridized carbons (Fsp3) is 0.286. The molecule has 0 radical (unpaired) electrons. The molecular weight excluding hydrogens is 261 g/mol. The van der Waals surface area contributed by atoms with Crippen LogP contribution in [0.15, 0.2) is 30.6 Å². The number of nitrogens with one attached hydrogen (secondary N) is 1. The molecule has 0 aliphatic carbocycles. The van der Waals surface area contributed by atoms with E-state index >= 15 is 0 Å². The van der Waals surface area contributed by atoms with Gasteiger partial charge in [0.1, 0.15) is 5.82 Å². The van der Waals surface area contributed by atoms with Crippen LogP contribution in [0.1, 0.15) is 29.3 Å². The summed E-state index contributed by atoms with van der Waals surface area (Å²) in [5.41, 5.74) is 1.14. The number of rotatable bonds is 6. The van der Waals surface area contributed by atoms with E-state index < -0.39 is 11.8 Å². The summed E-state index contributed by atoms with van der Waals surface area (Å²) in [6.45, 7) is 3.29. The van der Waals surface area contributed by atoms with E-state index in [0.29, 0.717) is 6.54 Å². The van der Waals surface area contributed by atoms with Gasteiger partial charge < -0.3 is 10.4 Å². The first-order valence-corrected chi connectivity index (χ1v) is 6.38. The molecule has 20 heavy (non-hydrogen) atoms. The van der Waals surface area contributed by atoms with Crippen LogP contribution in [-0.2, 0) is 13.1 Å². The molecule has 1 heterocycles. The summed E-state index contributed by atoms with van der Waals surface area (Å²) in [4.78, 5) is 10.9. The number of hydrogen-bond acceptors (Lipinski definition) is 3. The molecule has 0 amide bonds. The monoisotopic (exact) mass is 277 g/mol. The second kappa shape index (κ2) is 6.18. The van der Waals surface area contributed by atoms with E-state index in [1.54, 1.807) is 6.20 Å². The van der Waals surface area contributed by atoms with E-state index in [-0.39, 0.29) is 11.3 Å². The number of aromatic carboxylic acids is 1. The molecule has 2 rings (SSSR count). The lowest BCUT2D eigenvalue weighted by molar-refractivity contribution is 0.0697. The molecule has 0 spiro atoms. The van der Waals surface area contributed by atoms with Crippen molar-refractivity contribution in [2.45, 2.75) is 26.4 Å². The second-order valence-electron chi connectivity index (χ2n) is 4.46. The maximum absolute atomic E-state index is 13.6. The minimum absolute atomic E-state index is 0.0515. The van der Waals surface area contributed by atoms with Crippen LogP contribution in [0.3, 0.4) is 0 Å². The summed E-state index contributed by atoms with van der Waals surface area (Å²) in [6, 6.07) is 3.67. The molecule has 0 unspecified atom stereocenters. The van der Waals surface area contributed by atoms with Crippen LogP contribution in [0, 0.1) is 5.82 Å². The zero-order valence-electron chi connectivity index (χ0n) is 11.1. The van der Waals surface area contributed by atoms with Crippen LogP contribution in [-0.4, -0.2) is 20.9 Å². The molecule has 106 valence electrons. The van der Waals surface area contributed by atoms with Crippen LogP contribution in [0.25, 0.3) is 0 Å². The van der Waals surface area contributed by atoms with E-state index in [9.17, 15) is 9.18 Å². The van der Waals surface area contributed by atoms with Crippen molar-refractivity contribution in [3.63, 3.8) is 0 Å². The van der Waals surface area contributed by atoms with Crippen molar-refractivity contribution in [2.75, 3.05) is 5.32 Å². The Bertz CT molecular complexity index is 610. The van der Waals surface area contributed by atoms with Gasteiger partial charge in [0.25, 0.3) is 0 Å². The number of benzene rings is 1. The van der Waals surface area contributed by atoms with Gasteiger partial charge in [0, 0.05) is 24.8 Å². The first-order chi connectivity index (χ1) is 9.60. The molecule has 0 bridgehead atoms. The second-order valence-corrected chi connectivity index (χ2v) is 4.46. The maximum Gasteiger partial charge on any atom is 0.335 e. The topological polar surface area (TPSA) is 67.2 Å². The number of nitrogens with zero attached hydrogens (tertiary/aromatic N) is 2. The molecule has 5 nitrogen and oxygen atoms in total. The lowest BCUT2D eigenvalue weighted by Crippen LogP contribution is -2.04. The lowest BCUT2D eigenvalue weighted by atomic mass is 10.2. The number of carbonyl (C=O) groups is 1. The Morgan fingerprint density at radius 1 is 1.50 bits per heavy atom. The Morgan fingerprint density at radius 3 is 3.00 bits per heavy atom. The van der Waals surface area contributed by atoms with Crippen molar-refractivity contribution < 1.29 is 14.3 Å². The predicted molar refractivity (Wildman–Crippen MR) is 73.2 cm³/mol. The van der Waals surface area contributed by atoms with Gasteiger partial charge in [-0.1, -0.05) is 6.92 Å². The van der Waals surface area contributed by atoms with Gasteiger partial charge in [-0.25, -0.2) is 9.18 Å². The standard InChI is InChI=1S/C14H16FN3O2/c1-2-5-18-9-10(8-17-18)7-16-13-6-11(14(19)20)3-4-12(13)15/h3-4,6,8-9,16H,2,5,7H2,1H3,(H,19,20). The first kappa shape index (κ1) is 14.0. The van der Waals surface area contributed by atoms with Crippen molar-refractivity contribution in [2.24, 2.45) is 0 Å². The SMILES string of the molecule is CCCn1cc(CNc2cc(C(=O)O)ccc2F)cn1. The van der Waals surface area contributed by atoms with E-state index in [2.05, 4.69) is 17.3 Å². The Hall–Kier alpha value is -2.37. The Labute approximate surface area is 116 Å². The normalized spacial score (nSPS) is 10.5. The van der Waals surface area contributed by atoms with Gasteiger partial charge >= 0.3 is 5.97 Å². The summed E-state index contributed by atoms with van der Waals surface area (Å²) < 4.78 is 15.4. The highest BCUT2D eigenvalue weighted by atomic mass is 19.1. The highest BCUT2D eigenvalue weighted by Gasteiger charge is 2.08. The molecule has 0 aliphatic rings. The molecule has 6 heteroatoms. The Morgan fingerprint density at radius 2 is 2.30 bits per heavy atom. The van der Waals surface area contributed by atoms with Crippen molar-refractivity contribution >= 4 is 11.7 Å². The summed E-state index contributed by atoms with van der Waals surface area (Å²) in [6.07, 6.45) is 4.58. The lowest BCUT2D eigenvalue weighted by Gasteiger charge is -2.07. The van der Waals surface area contributed by atoms with E-state index in [0.717, 1.165) is 24.6 Å². The molecule has 2 aromatic rings. The minimum atomic E-state index is -1.08. The third kappa shape index (κ3) is 3.34. The van der Waals surface area contributed by atoms with Gasteiger partial charge in [-0.05, 0) is 24.6 Å². The average Bonchev–Trinajstić information content (AvgIpc) is 2.86. The smallest absolute Gasteiger partial charge is 0.335 e. The number of aryl methyl sites for hydroxylation is 1. The summed E-state index contributed by atoms with van der Waals surface area (Å²) in [7, 11) is 0. The summed E-state index contributed by atoms with van der Waals surface area (Å²) in [5.74, 6) is -1.56. The molecular formula is C14H16FN3O2. The number of hydrogen-bond donors (Lipinski definition) is 2. The minimum Gasteiger partial charge on any atom is -0.478 e. The molecule has 2 N–H and O–H groups in total. The van der Waals surface area contributed by atoms with Crippen LogP contribution in [0.2, 0.25) is 0 Å². The quantitative estimate of drug-likeness (QED) is 0.852. The Kier molecular flexibility index (Phi) is 4.34. The molecule has 0 atom stereocenters. The zero-order chi connectivity index (χ0) is 14.5. The first-order valence-electron chi connectivity index (χ1n) is 6.38. The van der Waals surface area contributed by atoms with E-state index in [1.165, 1.54) is 12.1 Å². The van der Waals surface area contributed by atoms with Crippen molar-refractivity contribution in [1.29, 1.82) is 0 Å². The molecule has 1 aromatic heterocycles. The Balaban J connectivity index is 2.05. The molecule has 0 saturated heterocycles. The molecule has 1 aromatic carbocycles. The maximum atomic E-state index is 13.6. The van der Waals surface area contributed by atoms with Crippen molar-refractivity contribution in [3.8, 4) is 0 Å². The van der Waals surface area contributed by atoms with Gasteiger partial charge in [0.15, 0.2) is 0 Å². The largest absolute Gasteiger partial charge is 0.478 e. The van der Waals surface area contributed by atoms with Crippen LogP contribution in [0.5, 0.6) is 0 Å². The van der Waals surface area contributed by atoms with Gasteiger partial charge in [-0.3, -0.25) is 4.68 Å². The highest BCUT2D eigenvalue weighted by molar-refractivity contribution is 5.88. The van der Waals surface area contributed by atoms with Crippen LogP contribution < -0.4 is 5.32 Å². The van der Waals surface area contributed by atoms with Gasteiger partial charge in [0.05, 0.1) is 17.4 Å². The molecule has 0 aliphatic heterocycles. The van der Waals surface area contributed by atoms with E-state index in [4.69, 9.17) is 5.11 Å². The number of aromatic nitrogens is 2. The summed E-state index contributed by atoms with van der Waals surface area (Å²) >= 11 is 0. The van der Waals surface area contributed by atoms with Gasteiger partial charge in [-0.2, -0.15) is 5.10 Å². The zero-order valence-corrected chi connectivity index (χ0v) is 11.1. The molecule has 0 saturated carbocycles. The third-order valence-electron chi connectivity index (χ3n) is 2.84. The van der Waals surface area contributed by atoms with Crippen molar-refractivity contribution in [1.82, 2.24) is 9.78 Å². The number of carboxylic acid groups (broad SMARTS) is 1. The predicted octanol–water partition coefficient (Wildman–Crippen LogP) is 2.74. The number of carboxylic acids is 1. The van der Waals surface area contributed by atoms with Crippen molar-refractivity contribution in [3.05, 3.63) is 47.5 Å². The average molecular weight is 277 g/mol. The van der Waals surface area contributed by atoms with Crippen LogP contribution >= 0.6 is 0 Å². The number of anilines is 1. The fourth-order valence-corrected chi connectivity index (χ4v) is 1.84. The van der Waals surface area contributed by atoms with Crippen LogP contribution in [0.4, 0.5) is 10.1 Å².